The van der Waals surface area contributed by atoms with Crippen LogP contribution < -0.4 is 14.2 Å². The van der Waals surface area contributed by atoms with Crippen LogP contribution in [-0.4, -0.2) is 70.5 Å². The molecular weight excluding hydrogens is 434 g/mol. The molecular formula is C20H22F2N2O6S. The van der Waals surface area contributed by atoms with Crippen LogP contribution in [0.3, 0.4) is 0 Å². The van der Waals surface area contributed by atoms with E-state index in [1.165, 1.54) is 41.6 Å². The maximum atomic E-state index is 13.6. The molecule has 1 saturated heterocycles. The van der Waals surface area contributed by atoms with E-state index >= 15 is 0 Å². The zero-order valence-corrected chi connectivity index (χ0v) is 17.8. The summed E-state index contributed by atoms with van der Waals surface area (Å²) in [5.41, 5.74) is 0. The van der Waals surface area contributed by atoms with Gasteiger partial charge in [0.05, 0.1) is 19.1 Å². The third kappa shape index (κ3) is 5.05. The molecule has 0 bridgehead atoms. The summed E-state index contributed by atoms with van der Waals surface area (Å²) in [6.45, 7) is 0.0485. The van der Waals surface area contributed by atoms with E-state index in [9.17, 15) is 22.0 Å². The maximum Gasteiger partial charge on any atom is 0.260 e. The number of methoxy groups -OCH3 is 2. The van der Waals surface area contributed by atoms with Crippen molar-refractivity contribution in [2.24, 2.45) is 0 Å². The first kappa shape index (κ1) is 22.8. The molecule has 168 valence electrons. The zero-order valence-electron chi connectivity index (χ0n) is 17.0. The molecule has 0 N–H and O–H groups in total. The van der Waals surface area contributed by atoms with Gasteiger partial charge in [0.2, 0.25) is 10.0 Å². The Morgan fingerprint density at radius 3 is 2.19 bits per heavy atom. The van der Waals surface area contributed by atoms with Gasteiger partial charge in [0.1, 0.15) is 5.82 Å². The highest BCUT2D eigenvalue weighted by atomic mass is 32.2. The molecule has 1 aliphatic rings. The summed E-state index contributed by atoms with van der Waals surface area (Å²) >= 11 is 0. The van der Waals surface area contributed by atoms with Crippen molar-refractivity contribution in [3.8, 4) is 17.2 Å². The van der Waals surface area contributed by atoms with Crippen LogP contribution in [0.4, 0.5) is 8.78 Å². The van der Waals surface area contributed by atoms with E-state index in [0.717, 1.165) is 12.1 Å². The predicted octanol–water partition coefficient (Wildman–Crippen LogP) is 1.89. The number of hydrogen-bond acceptors (Lipinski definition) is 6. The fourth-order valence-corrected chi connectivity index (χ4v) is 4.57. The number of amides is 1. The normalized spacial score (nSPS) is 14.9. The number of hydrogen-bond donors (Lipinski definition) is 0. The van der Waals surface area contributed by atoms with Gasteiger partial charge in [-0.15, -0.1) is 0 Å². The summed E-state index contributed by atoms with van der Waals surface area (Å²) < 4.78 is 69.1. The Balaban J connectivity index is 1.60. The van der Waals surface area contributed by atoms with Crippen molar-refractivity contribution in [3.05, 3.63) is 48.0 Å². The minimum absolute atomic E-state index is 0.0556. The van der Waals surface area contributed by atoms with Gasteiger partial charge in [-0.3, -0.25) is 4.79 Å². The highest BCUT2D eigenvalue weighted by Crippen LogP contribution is 2.31. The van der Waals surface area contributed by atoms with Gasteiger partial charge in [-0.05, 0) is 24.3 Å². The van der Waals surface area contributed by atoms with Gasteiger partial charge in [-0.1, -0.05) is 0 Å². The van der Waals surface area contributed by atoms with Gasteiger partial charge in [-0.25, -0.2) is 17.2 Å². The molecule has 0 unspecified atom stereocenters. The van der Waals surface area contributed by atoms with E-state index in [2.05, 4.69) is 0 Å². The number of piperazine rings is 1. The largest absolute Gasteiger partial charge is 0.493 e. The molecule has 3 rings (SSSR count). The highest BCUT2D eigenvalue weighted by Gasteiger charge is 2.31. The molecule has 1 fully saturated rings. The lowest BCUT2D eigenvalue weighted by Gasteiger charge is -2.34. The molecule has 0 aliphatic carbocycles. The van der Waals surface area contributed by atoms with Gasteiger partial charge in [0, 0.05) is 38.3 Å². The molecule has 1 heterocycles. The second-order valence-corrected chi connectivity index (χ2v) is 8.60. The number of benzene rings is 2. The van der Waals surface area contributed by atoms with Crippen LogP contribution in [-0.2, 0) is 14.8 Å². The van der Waals surface area contributed by atoms with E-state index in [-0.39, 0.29) is 36.8 Å². The summed E-state index contributed by atoms with van der Waals surface area (Å²) in [5.74, 6) is -1.60. The topological polar surface area (TPSA) is 85.4 Å². The second-order valence-electron chi connectivity index (χ2n) is 6.67. The third-order valence-corrected chi connectivity index (χ3v) is 6.72. The first-order chi connectivity index (χ1) is 14.8. The van der Waals surface area contributed by atoms with E-state index in [1.807, 2.05) is 0 Å². The summed E-state index contributed by atoms with van der Waals surface area (Å²) in [6.07, 6.45) is 0. The quantitative estimate of drug-likeness (QED) is 0.633. The van der Waals surface area contributed by atoms with E-state index < -0.39 is 34.2 Å². The Labute approximate surface area is 179 Å². The number of ether oxygens (including phenoxy) is 3. The molecule has 8 nitrogen and oxygen atoms in total. The molecule has 0 radical (unpaired) electrons. The summed E-state index contributed by atoms with van der Waals surface area (Å²) in [5, 5.41) is 0. The molecule has 0 spiro atoms. The van der Waals surface area contributed by atoms with Gasteiger partial charge >= 0.3 is 0 Å². The van der Waals surface area contributed by atoms with Crippen LogP contribution in [0.1, 0.15) is 0 Å². The summed E-state index contributed by atoms with van der Waals surface area (Å²) in [4.78, 5) is 13.8. The molecule has 31 heavy (non-hydrogen) atoms. The number of carbonyl (C=O) groups is 1. The lowest BCUT2D eigenvalue weighted by molar-refractivity contribution is -0.134. The number of halogens is 2. The zero-order chi connectivity index (χ0) is 22.6. The van der Waals surface area contributed by atoms with Crippen molar-refractivity contribution in [1.29, 1.82) is 0 Å². The lowest BCUT2D eigenvalue weighted by Crippen LogP contribution is -2.51. The van der Waals surface area contributed by atoms with Gasteiger partial charge in [-0.2, -0.15) is 4.31 Å². The maximum absolute atomic E-state index is 13.6. The van der Waals surface area contributed by atoms with E-state index in [0.29, 0.717) is 17.6 Å². The average Bonchev–Trinajstić information content (AvgIpc) is 2.77. The molecule has 0 atom stereocenters. The predicted molar refractivity (Wildman–Crippen MR) is 107 cm³/mol. The third-order valence-electron chi connectivity index (χ3n) is 4.83. The van der Waals surface area contributed by atoms with Crippen LogP contribution in [0.25, 0.3) is 0 Å². The van der Waals surface area contributed by atoms with Crippen LogP contribution in [0, 0.1) is 11.6 Å². The number of sulfonamides is 1. The Kier molecular flexibility index (Phi) is 6.96. The van der Waals surface area contributed by atoms with Gasteiger partial charge in [0.25, 0.3) is 5.91 Å². The van der Waals surface area contributed by atoms with Crippen molar-refractivity contribution < 1.29 is 36.2 Å². The number of nitrogens with zero attached hydrogens (tertiary/aromatic N) is 2. The molecule has 0 aromatic heterocycles. The SMILES string of the molecule is COc1ccc(S(=O)(=O)N2CCN(C(=O)COc3ccc(F)cc3F)CC2)cc1OC. The van der Waals surface area contributed by atoms with Crippen LogP contribution in [0.5, 0.6) is 17.2 Å². The number of carbonyl (C=O) groups excluding carboxylic acids is 1. The smallest absolute Gasteiger partial charge is 0.260 e. The molecule has 2 aromatic rings. The molecule has 0 saturated carbocycles. The summed E-state index contributed by atoms with van der Waals surface area (Å²) in [6, 6.07) is 7.12. The Morgan fingerprint density at radius 2 is 1.58 bits per heavy atom. The molecule has 2 aromatic carbocycles. The fraction of sp³-hybridized carbons (Fsp3) is 0.350. The minimum atomic E-state index is -3.79. The van der Waals surface area contributed by atoms with Crippen molar-refractivity contribution in [1.82, 2.24) is 9.21 Å². The first-order valence-electron chi connectivity index (χ1n) is 9.34. The van der Waals surface area contributed by atoms with Gasteiger partial charge in [0.15, 0.2) is 29.7 Å². The molecule has 1 aliphatic heterocycles. The van der Waals surface area contributed by atoms with Crippen molar-refractivity contribution in [3.63, 3.8) is 0 Å². The fourth-order valence-electron chi connectivity index (χ4n) is 3.13. The lowest BCUT2D eigenvalue weighted by atomic mass is 10.3. The van der Waals surface area contributed by atoms with Crippen LogP contribution in [0.15, 0.2) is 41.3 Å². The Morgan fingerprint density at radius 1 is 0.935 bits per heavy atom. The van der Waals surface area contributed by atoms with Crippen molar-refractivity contribution in [2.75, 3.05) is 47.0 Å². The first-order valence-corrected chi connectivity index (χ1v) is 10.8. The molecule has 11 heteroatoms. The molecule has 1 amide bonds. The second kappa shape index (κ2) is 9.48. The number of rotatable bonds is 7. The van der Waals surface area contributed by atoms with Gasteiger partial charge < -0.3 is 19.1 Å². The highest BCUT2D eigenvalue weighted by molar-refractivity contribution is 7.89. The van der Waals surface area contributed by atoms with E-state index in [4.69, 9.17) is 14.2 Å². The van der Waals surface area contributed by atoms with E-state index in [1.54, 1.807) is 0 Å². The summed E-state index contributed by atoms with van der Waals surface area (Å²) in [7, 11) is -0.920. The standard InChI is InChI=1S/C20H22F2N2O6S/c1-28-18-6-4-15(12-19(18)29-2)31(26,27)24-9-7-23(8-10-24)20(25)13-30-17-5-3-14(21)11-16(17)22/h3-6,11-12H,7-10,13H2,1-2H3. The Bertz CT molecular complexity index is 1060. The van der Waals surface area contributed by atoms with Crippen LogP contribution in [0.2, 0.25) is 0 Å². The average molecular weight is 456 g/mol. The minimum Gasteiger partial charge on any atom is -0.493 e. The van der Waals surface area contributed by atoms with Crippen molar-refractivity contribution >= 4 is 15.9 Å². The van der Waals surface area contributed by atoms with Crippen LogP contribution >= 0.6 is 0 Å². The Hall–Kier alpha value is -2.92. The van der Waals surface area contributed by atoms with Crippen molar-refractivity contribution in [2.45, 2.75) is 4.90 Å². The monoisotopic (exact) mass is 456 g/mol.